The van der Waals surface area contributed by atoms with Crippen LogP contribution in [0.1, 0.15) is 32.6 Å². The largest absolute Gasteiger partial charge is 0.416 e. The molecule has 0 saturated heterocycles. The minimum absolute atomic E-state index is 0.0625. The van der Waals surface area contributed by atoms with E-state index >= 15 is 0 Å². The van der Waals surface area contributed by atoms with Gasteiger partial charge in [0.1, 0.15) is 11.6 Å². The lowest BCUT2D eigenvalue weighted by atomic mass is 10.0. The van der Waals surface area contributed by atoms with E-state index < -0.39 is 23.5 Å². The number of halogens is 4. The summed E-state index contributed by atoms with van der Waals surface area (Å²) in [5.74, 6) is -0.520. The molecule has 33 heavy (non-hydrogen) atoms. The van der Waals surface area contributed by atoms with E-state index in [2.05, 4.69) is 10.3 Å². The van der Waals surface area contributed by atoms with Crippen molar-refractivity contribution in [3.8, 4) is 0 Å². The van der Waals surface area contributed by atoms with Crippen LogP contribution in [0.4, 0.5) is 29.1 Å². The summed E-state index contributed by atoms with van der Waals surface area (Å²) in [6.07, 6.45) is -2.08. The van der Waals surface area contributed by atoms with Crippen molar-refractivity contribution in [2.24, 2.45) is 0 Å². The highest BCUT2D eigenvalue weighted by atomic mass is 19.4. The van der Waals surface area contributed by atoms with Crippen LogP contribution in [0.5, 0.6) is 0 Å². The number of benzene rings is 2. The number of aliphatic hydroxyl groups is 1. The summed E-state index contributed by atoms with van der Waals surface area (Å²) in [6.45, 7) is 0.310. The van der Waals surface area contributed by atoms with Crippen LogP contribution < -0.4 is 10.2 Å². The van der Waals surface area contributed by atoms with Crippen molar-refractivity contribution < 1.29 is 27.5 Å². The molecule has 9 heteroatoms. The first-order valence-electron chi connectivity index (χ1n) is 10.4. The molecule has 0 spiro atoms. The van der Waals surface area contributed by atoms with Crippen LogP contribution in [-0.4, -0.2) is 35.7 Å². The van der Waals surface area contributed by atoms with Crippen LogP contribution in [0.25, 0.3) is 0 Å². The third-order valence-corrected chi connectivity index (χ3v) is 5.46. The number of aromatic nitrogens is 1. The Morgan fingerprint density at radius 3 is 2.67 bits per heavy atom. The van der Waals surface area contributed by atoms with Gasteiger partial charge >= 0.3 is 6.18 Å². The highest BCUT2D eigenvalue weighted by molar-refractivity contribution is 5.98. The third-order valence-electron chi connectivity index (χ3n) is 5.46. The van der Waals surface area contributed by atoms with Crippen LogP contribution in [0.15, 0.2) is 54.7 Å². The van der Waals surface area contributed by atoms with E-state index in [9.17, 15) is 22.4 Å². The average Bonchev–Trinajstić information content (AvgIpc) is 3.20. The topological polar surface area (TPSA) is 65.5 Å². The number of alkyl halides is 3. The van der Waals surface area contributed by atoms with Crippen molar-refractivity contribution in [1.29, 1.82) is 0 Å². The second-order valence-electron chi connectivity index (χ2n) is 7.73. The molecule has 2 N–H and O–H groups in total. The highest BCUT2D eigenvalue weighted by Gasteiger charge is 2.30. The number of carbonyl (C=O) groups is 1. The highest BCUT2D eigenvalue weighted by Crippen LogP contribution is 2.37. The lowest BCUT2D eigenvalue weighted by molar-refractivity contribution is -0.137. The van der Waals surface area contributed by atoms with Gasteiger partial charge in [0, 0.05) is 30.5 Å². The summed E-state index contributed by atoms with van der Waals surface area (Å²) < 4.78 is 53.4. The molecule has 0 unspecified atom stereocenters. The molecule has 3 aromatic rings. The fourth-order valence-corrected chi connectivity index (χ4v) is 3.99. The van der Waals surface area contributed by atoms with E-state index in [1.807, 2.05) is 0 Å². The second kappa shape index (κ2) is 9.19. The van der Waals surface area contributed by atoms with E-state index in [1.54, 1.807) is 29.3 Å². The van der Waals surface area contributed by atoms with Gasteiger partial charge in [-0.1, -0.05) is 18.2 Å². The zero-order valence-corrected chi connectivity index (χ0v) is 17.5. The quantitative estimate of drug-likeness (QED) is 0.541. The maximum absolute atomic E-state index is 14.3. The molecule has 1 aromatic heterocycles. The lowest BCUT2D eigenvalue weighted by Crippen LogP contribution is -2.27. The standard InChI is InChI=1S/C24H21F4N3O2/c25-18-13-20(23(33)30-7-9-32)19-5-8-31(21(19)14-18)22-12-16(4-6-29-22)10-15-2-1-3-17(11-15)24(26,27)28/h1-4,6,11-14,32H,5,7-10H2,(H,30,33). The van der Waals surface area contributed by atoms with Crippen LogP contribution >= 0.6 is 0 Å². The van der Waals surface area contributed by atoms with E-state index in [4.69, 9.17) is 5.11 Å². The van der Waals surface area contributed by atoms with Crippen LogP contribution in [-0.2, 0) is 19.0 Å². The Labute approximate surface area is 187 Å². The lowest BCUT2D eigenvalue weighted by Gasteiger charge is -2.20. The third kappa shape index (κ3) is 4.98. The van der Waals surface area contributed by atoms with Gasteiger partial charge in [-0.15, -0.1) is 0 Å². The van der Waals surface area contributed by atoms with Gasteiger partial charge < -0.3 is 15.3 Å². The SMILES string of the molecule is O=C(NCCO)c1cc(F)cc2c1CCN2c1cc(Cc2cccc(C(F)(F)F)c2)ccn1. The van der Waals surface area contributed by atoms with Gasteiger partial charge in [-0.25, -0.2) is 9.37 Å². The summed E-state index contributed by atoms with van der Waals surface area (Å²) in [5.41, 5.74) is 1.97. The molecular weight excluding hydrogens is 438 g/mol. The van der Waals surface area contributed by atoms with Gasteiger partial charge in [0.25, 0.3) is 5.91 Å². The van der Waals surface area contributed by atoms with Crippen molar-refractivity contribution in [2.45, 2.75) is 19.0 Å². The van der Waals surface area contributed by atoms with E-state index in [-0.39, 0.29) is 25.1 Å². The number of amides is 1. The Hall–Kier alpha value is -3.46. The number of nitrogens with zero attached hydrogens (tertiary/aromatic N) is 2. The normalized spacial score (nSPS) is 13.2. The predicted octanol–water partition coefficient (Wildman–Crippen LogP) is 4.25. The zero-order valence-electron chi connectivity index (χ0n) is 17.5. The number of fused-ring (bicyclic) bond motifs is 1. The minimum Gasteiger partial charge on any atom is -0.395 e. The molecule has 0 fully saturated rings. The van der Waals surface area contributed by atoms with E-state index in [0.29, 0.717) is 35.6 Å². The number of hydrogen-bond acceptors (Lipinski definition) is 4. The molecule has 0 bridgehead atoms. The number of pyridine rings is 1. The molecule has 5 nitrogen and oxygen atoms in total. The monoisotopic (exact) mass is 459 g/mol. The molecule has 1 aliphatic heterocycles. The maximum Gasteiger partial charge on any atom is 0.416 e. The first-order valence-corrected chi connectivity index (χ1v) is 10.4. The number of rotatable bonds is 6. The summed E-state index contributed by atoms with van der Waals surface area (Å²) in [6, 6.07) is 11.2. The molecule has 0 saturated carbocycles. The molecule has 1 aliphatic rings. The summed E-state index contributed by atoms with van der Waals surface area (Å²) >= 11 is 0. The Morgan fingerprint density at radius 2 is 1.91 bits per heavy atom. The number of hydrogen-bond donors (Lipinski definition) is 2. The first-order chi connectivity index (χ1) is 15.8. The molecule has 0 radical (unpaired) electrons. The van der Waals surface area contributed by atoms with Crippen molar-refractivity contribution in [3.63, 3.8) is 0 Å². The van der Waals surface area contributed by atoms with E-state index in [0.717, 1.165) is 17.7 Å². The van der Waals surface area contributed by atoms with Gasteiger partial charge in [-0.2, -0.15) is 13.2 Å². The maximum atomic E-state index is 14.3. The number of nitrogens with one attached hydrogen (secondary N) is 1. The molecule has 0 atom stereocenters. The number of carbonyl (C=O) groups excluding carboxylic acids is 1. The van der Waals surface area contributed by atoms with E-state index in [1.165, 1.54) is 18.2 Å². The predicted molar refractivity (Wildman–Crippen MR) is 115 cm³/mol. The van der Waals surface area contributed by atoms with Crippen molar-refractivity contribution in [2.75, 3.05) is 24.6 Å². The number of anilines is 2. The van der Waals surface area contributed by atoms with Gasteiger partial charge in [0.2, 0.25) is 0 Å². The minimum atomic E-state index is -4.41. The number of aliphatic hydroxyl groups excluding tert-OH is 1. The molecule has 0 aliphatic carbocycles. The average molecular weight is 459 g/mol. The molecular formula is C24H21F4N3O2. The van der Waals surface area contributed by atoms with Crippen LogP contribution in [0, 0.1) is 5.82 Å². The molecule has 172 valence electrons. The Kier molecular flexibility index (Phi) is 6.33. The zero-order chi connectivity index (χ0) is 23.6. The molecule has 4 rings (SSSR count). The van der Waals surface area contributed by atoms with Crippen LogP contribution in [0.3, 0.4) is 0 Å². The van der Waals surface area contributed by atoms with Gasteiger partial charge in [0.15, 0.2) is 0 Å². The van der Waals surface area contributed by atoms with Gasteiger partial charge in [-0.05, 0) is 59.9 Å². The van der Waals surface area contributed by atoms with Crippen molar-refractivity contribution >= 4 is 17.4 Å². The molecule has 2 heterocycles. The second-order valence-corrected chi connectivity index (χ2v) is 7.73. The molecule has 1 amide bonds. The Morgan fingerprint density at radius 1 is 1.12 bits per heavy atom. The Balaban J connectivity index is 1.61. The smallest absolute Gasteiger partial charge is 0.395 e. The van der Waals surface area contributed by atoms with Crippen molar-refractivity contribution in [1.82, 2.24) is 10.3 Å². The fourth-order valence-electron chi connectivity index (χ4n) is 3.99. The van der Waals surface area contributed by atoms with Gasteiger partial charge in [0.05, 0.1) is 12.2 Å². The first kappa shape index (κ1) is 22.7. The fraction of sp³-hybridized carbons (Fsp3) is 0.250. The summed E-state index contributed by atoms with van der Waals surface area (Å²) in [5, 5.41) is 11.5. The molecule has 2 aromatic carbocycles. The van der Waals surface area contributed by atoms with Crippen LogP contribution in [0.2, 0.25) is 0 Å². The van der Waals surface area contributed by atoms with Gasteiger partial charge in [-0.3, -0.25) is 4.79 Å². The Bertz CT molecular complexity index is 1180. The summed E-state index contributed by atoms with van der Waals surface area (Å²) in [7, 11) is 0. The van der Waals surface area contributed by atoms with Crippen molar-refractivity contribution in [3.05, 3.63) is 88.4 Å². The summed E-state index contributed by atoms with van der Waals surface area (Å²) in [4.78, 5) is 18.6.